The van der Waals surface area contributed by atoms with Gasteiger partial charge in [0.15, 0.2) is 17.7 Å². The third-order valence-corrected chi connectivity index (χ3v) is 6.13. The van der Waals surface area contributed by atoms with Crippen molar-refractivity contribution in [1.82, 2.24) is 19.5 Å². The Morgan fingerprint density at radius 2 is 1.52 bits per heavy atom. The number of ether oxygens (including phenoxy) is 1. The lowest BCUT2D eigenvalue weighted by Crippen LogP contribution is -2.24. The molecular weight excluding hydrogens is 414 g/mol. The minimum atomic E-state index is -0.863. The fraction of sp³-hybridized carbons (Fsp3) is 0.731. The van der Waals surface area contributed by atoms with Crippen LogP contribution in [0.15, 0.2) is 24.8 Å². The Bertz CT molecular complexity index is 792. The minimum Gasteiger partial charge on any atom is -0.382 e. The van der Waals surface area contributed by atoms with E-state index in [1.807, 2.05) is 6.92 Å². The van der Waals surface area contributed by atoms with Crippen molar-refractivity contribution in [2.45, 2.75) is 116 Å². The van der Waals surface area contributed by atoms with Gasteiger partial charge in [0.25, 0.3) is 0 Å². The smallest absolute Gasteiger partial charge is 0.167 e. The van der Waals surface area contributed by atoms with E-state index in [-0.39, 0.29) is 6.10 Å². The van der Waals surface area contributed by atoms with Crippen LogP contribution in [0.1, 0.15) is 110 Å². The normalized spacial score (nSPS) is 13.8. The van der Waals surface area contributed by atoms with Crippen LogP contribution in [0, 0.1) is 0 Å². The zero-order valence-corrected chi connectivity index (χ0v) is 20.8. The van der Waals surface area contributed by atoms with Gasteiger partial charge in [-0.3, -0.25) is 4.57 Å². The maximum Gasteiger partial charge on any atom is 0.167 e. The summed E-state index contributed by atoms with van der Waals surface area (Å²) in [6, 6.07) is 0. The van der Waals surface area contributed by atoms with Gasteiger partial charge in [-0.15, -0.1) is 0 Å². The average molecular weight is 460 g/mol. The molecule has 0 saturated heterocycles. The van der Waals surface area contributed by atoms with E-state index in [1.54, 1.807) is 4.57 Å². The molecule has 0 fully saturated rings. The van der Waals surface area contributed by atoms with Crippen molar-refractivity contribution in [1.29, 1.82) is 0 Å². The maximum atomic E-state index is 10.6. The first-order chi connectivity index (χ1) is 16.1. The first-order valence-electron chi connectivity index (χ1n) is 13.0. The minimum absolute atomic E-state index is 0.309. The fourth-order valence-electron chi connectivity index (χ4n) is 3.99. The number of fused-ring (bicyclic) bond motifs is 1. The summed E-state index contributed by atoms with van der Waals surface area (Å²) in [6.45, 7) is 4.77. The number of hydrogen-bond acceptors (Lipinski definition) is 6. The summed E-state index contributed by atoms with van der Waals surface area (Å²) in [6.07, 6.45) is 24.4. The van der Waals surface area contributed by atoms with Crippen LogP contribution in [0.25, 0.3) is 11.2 Å². The Balaban J connectivity index is 1.44. The number of hydrogen-bond donors (Lipinski definition) is 2. The third kappa shape index (κ3) is 10.2. The number of rotatable bonds is 19. The summed E-state index contributed by atoms with van der Waals surface area (Å²) in [5, 5.41) is 10.6. The number of nitrogens with two attached hydrogens (primary N) is 1. The first kappa shape index (κ1) is 27.3. The van der Waals surface area contributed by atoms with E-state index in [9.17, 15) is 5.11 Å². The van der Waals surface area contributed by atoms with Crippen molar-refractivity contribution in [3.8, 4) is 0 Å². The lowest BCUT2D eigenvalue weighted by atomic mass is 10.1. The Morgan fingerprint density at radius 1 is 0.909 bits per heavy atom. The Hall–Kier alpha value is -1.99. The van der Waals surface area contributed by atoms with Gasteiger partial charge < -0.3 is 15.6 Å². The molecular formula is C26H45N5O2. The van der Waals surface area contributed by atoms with Gasteiger partial charge in [-0.25, -0.2) is 15.0 Å². The molecule has 2 aromatic rings. The van der Waals surface area contributed by atoms with E-state index in [2.05, 4.69) is 34.0 Å². The quantitative estimate of drug-likeness (QED) is 0.188. The SMILES string of the molecule is CCCCCCCC/C=C\CCCCCCCCOC(C)C(O)n1cnc2c(N)ncnc21. The summed E-state index contributed by atoms with van der Waals surface area (Å²) in [5.74, 6) is 0.309. The molecule has 2 aromatic heterocycles. The zero-order valence-electron chi connectivity index (χ0n) is 20.8. The van der Waals surface area contributed by atoms with Crippen molar-refractivity contribution < 1.29 is 9.84 Å². The summed E-state index contributed by atoms with van der Waals surface area (Å²) in [7, 11) is 0. The second-order valence-electron chi connectivity index (χ2n) is 9.01. The Kier molecular flexibility index (Phi) is 13.7. The molecule has 2 heterocycles. The predicted octanol–water partition coefficient (Wildman–Crippen LogP) is 6.34. The molecule has 7 heteroatoms. The highest BCUT2D eigenvalue weighted by Gasteiger charge is 2.20. The highest BCUT2D eigenvalue weighted by Crippen LogP contribution is 2.20. The zero-order chi connectivity index (χ0) is 23.7. The molecule has 2 rings (SSSR count). The lowest BCUT2D eigenvalue weighted by molar-refractivity contribution is -0.0618. The molecule has 2 atom stereocenters. The van der Waals surface area contributed by atoms with E-state index < -0.39 is 6.23 Å². The van der Waals surface area contributed by atoms with E-state index in [1.165, 1.54) is 89.7 Å². The van der Waals surface area contributed by atoms with Gasteiger partial charge in [0.2, 0.25) is 0 Å². The summed E-state index contributed by atoms with van der Waals surface area (Å²) < 4.78 is 7.43. The number of allylic oxidation sites excluding steroid dienone is 2. The van der Waals surface area contributed by atoms with Crippen LogP contribution in [-0.4, -0.2) is 37.3 Å². The summed E-state index contributed by atoms with van der Waals surface area (Å²) in [4.78, 5) is 12.3. The van der Waals surface area contributed by atoms with E-state index in [0.29, 0.717) is 23.6 Å². The van der Waals surface area contributed by atoms with Crippen LogP contribution in [0.2, 0.25) is 0 Å². The van der Waals surface area contributed by atoms with Gasteiger partial charge >= 0.3 is 0 Å². The molecule has 0 spiro atoms. The van der Waals surface area contributed by atoms with Crippen LogP contribution >= 0.6 is 0 Å². The highest BCUT2D eigenvalue weighted by molar-refractivity contribution is 5.81. The van der Waals surface area contributed by atoms with Crippen molar-refractivity contribution in [3.63, 3.8) is 0 Å². The molecule has 2 unspecified atom stereocenters. The van der Waals surface area contributed by atoms with E-state index in [4.69, 9.17) is 10.5 Å². The lowest BCUT2D eigenvalue weighted by Gasteiger charge is -2.20. The molecule has 0 amide bonds. The maximum absolute atomic E-state index is 10.6. The monoisotopic (exact) mass is 459 g/mol. The number of anilines is 1. The van der Waals surface area contributed by atoms with Crippen LogP contribution in [0.5, 0.6) is 0 Å². The molecule has 0 aliphatic carbocycles. The van der Waals surface area contributed by atoms with Gasteiger partial charge in [0, 0.05) is 6.61 Å². The second-order valence-corrected chi connectivity index (χ2v) is 9.01. The fourth-order valence-corrected chi connectivity index (χ4v) is 3.99. The largest absolute Gasteiger partial charge is 0.382 e. The highest BCUT2D eigenvalue weighted by atomic mass is 16.5. The number of imidazole rings is 1. The molecule has 0 bridgehead atoms. The summed E-state index contributed by atoms with van der Waals surface area (Å²) >= 11 is 0. The first-order valence-corrected chi connectivity index (χ1v) is 13.0. The molecule has 0 aliphatic heterocycles. The number of nitrogens with zero attached hydrogens (tertiary/aromatic N) is 4. The standard InChI is InChI=1S/C26H45N5O2/c1-3-4-5-6-7-8-9-10-11-12-13-14-15-16-17-18-19-33-22(2)26(32)31-21-30-23-24(27)28-20-29-25(23)31/h10-11,20-22,26,32H,3-9,12-19H2,1-2H3,(H2,27,28,29)/b11-10-. The predicted molar refractivity (Wildman–Crippen MR) is 136 cm³/mol. The van der Waals surface area contributed by atoms with Crippen LogP contribution in [-0.2, 0) is 4.74 Å². The van der Waals surface area contributed by atoms with Crippen LogP contribution in [0.4, 0.5) is 5.82 Å². The van der Waals surface area contributed by atoms with Gasteiger partial charge in [0.05, 0.1) is 12.4 Å². The molecule has 7 nitrogen and oxygen atoms in total. The number of aromatic nitrogens is 4. The molecule has 33 heavy (non-hydrogen) atoms. The van der Waals surface area contributed by atoms with Crippen molar-refractivity contribution in [2.75, 3.05) is 12.3 Å². The molecule has 0 radical (unpaired) electrons. The number of aliphatic hydroxyl groups excluding tert-OH is 1. The molecule has 186 valence electrons. The summed E-state index contributed by atoms with van der Waals surface area (Å²) in [5.41, 5.74) is 6.82. The van der Waals surface area contributed by atoms with Gasteiger partial charge in [-0.2, -0.15) is 0 Å². The van der Waals surface area contributed by atoms with Gasteiger partial charge in [0.1, 0.15) is 11.8 Å². The number of aliphatic hydroxyl groups is 1. The van der Waals surface area contributed by atoms with Crippen molar-refractivity contribution in [3.05, 3.63) is 24.8 Å². The van der Waals surface area contributed by atoms with Gasteiger partial charge in [-0.05, 0) is 39.0 Å². The van der Waals surface area contributed by atoms with Crippen molar-refractivity contribution in [2.24, 2.45) is 0 Å². The molecule has 0 aliphatic rings. The third-order valence-electron chi connectivity index (χ3n) is 6.13. The van der Waals surface area contributed by atoms with Crippen LogP contribution in [0.3, 0.4) is 0 Å². The Morgan fingerprint density at radius 3 is 2.18 bits per heavy atom. The van der Waals surface area contributed by atoms with Crippen molar-refractivity contribution >= 4 is 17.0 Å². The molecule has 0 saturated carbocycles. The van der Waals surface area contributed by atoms with Gasteiger partial charge in [-0.1, -0.05) is 76.9 Å². The second kappa shape index (κ2) is 16.6. The van der Waals surface area contributed by atoms with Crippen LogP contribution < -0.4 is 5.73 Å². The topological polar surface area (TPSA) is 99.1 Å². The van der Waals surface area contributed by atoms with E-state index in [0.717, 1.165) is 12.8 Å². The average Bonchev–Trinajstić information content (AvgIpc) is 3.26. The number of unbranched alkanes of at least 4 members (excludes halogenated alkanes) is 12. The Labute approximate surface area is 199 Å². The number of nitrogen functional groups attached to an aromatic ring is 1. The van der Waals surface area contributed by atoms with E-state index >= 15 is 0 Å². The molecule has 0 aromatic carbocycles. The molecule has 3 N–H and O–H groups in total.